The summed E-state index contributed by atoms with van der Waals surface area (Å²) in [5.41, 5.74) is 6.37. The van der Waals surface area contributed by atoms with Crippen LogP contribution in [0.2, 0.25) is 0 Å². The van der Waals surface area contributed by atoms with Gasteiger partial charge in [-0.15, -0.1) is 0 Å². The molecule has 0 aliphatic heterocycles. The summed E-state index contributed by atoms with van der Waals surface area (Å²) in [6.45, 7) is 4.48. The molecule has 3 aromatic carbocycles. The first-order chi connectivity index (χ1) is 15.0. The molecule has 0 amide bonds. The minimum Gasteiger partial charge on any atom is -0.307 e. The molecule has 0 saturated carbocycles. The third-order valence-electron chi connectivity index (χ3n) is 5.23. The Morgan fingerprint density at radius 1 is 0.871 bits per heavy atom. The van der Waals surface area contributed by atoms with E-state index in [1.165, 1.54) is 16.7 Å². The Morgan fingerprint density at radius 2 is 1.55 bits per heavy atom. The van der Waals surface area contributed by atoms with Gasteiger partial charge >= 0.3 is 0 Å². The number of aromatic amines is 1. The molecule has 0 bridgehead atoms. The van der Waals surface area contributed by atoms with Crippen LogP contribution in [-0.2, 0) is 12.8 Å². The van der Waals surface area contributed by atoms with E-state index in [2.05, 4.69) is 77.2 Å². The summed E-state index contributed by atoms with van der Waals surface area (Å²) in [7, 11) is 0. The van der Waals surface area contributed by atoms with E-state index >= 15 is 0 Å². The summed E-state index contributed by atoms with van der Waals surface area (Å²) in [5.74, 6) is 1.18. The second-order valence-corrected chi connectivity index (χ2v) is 8.95. The highest BCUT2D eigenvalue weighted by Crippen LogP contribution is 2.35. The monoisotopic (exact) mass is 472 g/mol. The fourth-order valence-corrected chi connectivity index (χ4v) is 4.47. The molecule has 1 heterocycles. The molecule has 0 aliphatic carbocycles. The topological polar surface area (TPSA) is 45.8 Å². The number of aromatic nitrogens is 2. The third-order valence-corrected chi connectivity index (χ3v) is 6.16. The highest BCUT2D eigenvalue weighted by molar-refractivity contribution is 9.10. The van der Waals surface area contributed by atoms with Crippen molar-refractivity contribution in [1.29, 1.82) is 0 Å². The van der Waals surface area contributed by atoms with Crippen molar-refractivity contribution in [2.24, 2.45) is 5.92 Å². The summed E-state index contributed by atoms with van der Waals surface area (Å²) in [4.78, 5) is 19.9. The number of rotatable bonds is 6. The van der Waals surface area contributed by atoms with Gasteiger partial charge in [0.15, 0.2) is 0 Å². The lowest BCUT2D eigenvalue weighted by molar-refractivity contribution is 0.648. The number of H-pyrrole nitrogens is 1. The number of hydrogen-bond acceptors (Lipinski definition) is 2. The first kappa shape index (κ1) is 21.3. The Balaban J connectivity index is 1.71. The second kappa shape index (κ2) is 9.44. The summed E-state index contributed by atoms with van der Waals surface area (Å²) in [6.07, 6.45) is 1.60. The van der Waals surface area contributed by atoms with Crippen LogP contribution in [0.1, 0.15) is 30.7 Å². The minimum absolute atomic E-state index is 0.140. The Kier molecular flexibility index (Phi) is 6.47. The van der Waals surface area contributed by atoms with Crippen LogP contribution in [-0.4, -0.2) is 9.97 Å². The van der Waals surface area contributed by atoms with E-state index in [-0.39, 0.29) is 5.56 Å². The normalized spacial score (nSPS) is 11.1. The van der Waals surface area contributed by atoms with E-state index in [0.29, 0.717) is 18.2 Å². The molecule has 4 rings (SSSR count). The fraction of sp³-hybridized carbons (Fsp3) is 0.185. The molecule has 0 unspecified atom stereocenters. The zero-order chi connectivity index (χ0) is 21.8. The van der Waals surface area contributed by atoms with Gasteiger partial charge in [-0.05, 0) is 50.5 Å². The maximum absolute atomic E-state index is 12.3. The van der Waals surface area contributed by atoms with Crippen LogP contribution in [0.25, 0.3) is 22.5 Å². The summed E-state index contributed by atoms with van der Waals surface area (Å²) < 4.78 is 1.05. The van der Waals surface area contributed by atoms with Crippen molar-refractivity contribution in [2.75, 3.05) is 0 Å². The smallest absolute Gasteiger partial charge is 0.251 e. The van der Waals surface area contributed by atoms with Crippen molar-refractivity contribution in [3.8, 4) is 22.5 Å². The van der Waals surface area contributed by atoms with Crippen LogP contribution in [0.15, 0.2) is 88.1 Å². The lowest BCUT2D eigenvalue weighted by Gasteiger charge is -2.15. The fourth-order valence-electron chi connectivity index (χ4n) is 3.85. The molecule has 0 fully saturated rings. The highest BCUT2D eigenvalue weighted by Gasteiger charge is 2.13. The Bertz CT molecular complexity index is 1250. The lowest BCUT2D eigenvalue weighted by atomic mass is 9.92. The first-order valence-electron chi connectivity index (χ1n) is 10.5. The molecular weight excluding hydrogens is 448 g/mol. The number of nitrogens with one attached hydrogen (secondary N) is 1. The molecule has 0 radical (unpaired) electrons. The maximum Gasteiger partial charge on any atom is 0.251 e. The van der Waals surface area contributed by atoms with Crippen LogP contribution in [0, 0.1) is 5.92 Å². The molecule has 0 spiro atoms. The van der Waals surface area contributed by atoms with Gasteiger partial charge in [0.1, 0.15) is 5.82 Å². The van der Waals surface area contributed by atoms with Crippen molar-refractivity contribution in [3.63, 3.8) is 0 Å². The van der Waals surface area contributed by atoms with Gasteiger partial charge in [0.25, 0.3) is 5.56 Å². The van der Waals surface area contributed by atoms with Crippen LogP contribution in [0.5, 0.6) is 0 Å². The first-order valence-corrected chi connectivity index (χ1v) is 11.3. The predicted molar refractivity (Wildman–Crippen MR) is 131 cm³/mol. The average molecular weight is 473 g/mol. The molecule has 4 heteroatoms. The van der Waals surface area contributed by atoms with Crippen LogP contribution in [0.3, 0.4) is 0 Å². The number of benzene rings is 3. The van der Waals surface area contributed by atoms with Gasteiger partial charge in [-0.2, -0.15) is 0 Å². The van der Waals surface area contributed by atoms with Gasteiger partial charge in [-0.25, -0.2) is 4.98 Å². The van der Waals surface area contributed by atoms with E-state index in [1.54, 1.807) is 6.07 Å². The van der Waals surface area contributed by atoms with Crippen molar-refractivity contribution in [2.45, 2.75) is 26.7 Å². The van der Waals surface area contributed by atoms with Crippen molar-refractivity contribution in [3.05, 3.63) is 111 Å². The molecule has 0 atom stereocenters. The van der Waals surface area contributed by atoms with Gasteiger partial charge in [0.2, 0.25) is 0 Å². The quantitative estimate of drug-likeness (QED) is 0.341. The maximum atomic E-state index is 12.3. The van der Waals surface area contributed by atoms with Crippen LogP contribution < -0.4 is 5.56 Å². The molecule has 1 aromatic heterocycles. The molecule has 0 aliphatic rings. The highest BCUT2D eigenvalue weighted by atomic mass is 79.9. The standard InChI is InChI=1S/C27H25BrN2O/c1-18(2)15-20-11-6-7-13-23(20)24-14-8-12-21(26(24)28)16-22-17-25(31)30-27(29-22)19-9-4-3-5-10-19/h3-14,17-18H,15-16H2,1-2H3,(H,29,30,31). The van der Waals surface area contributed by atoms with Gasteiger partial charge in [0, 0.05) is 22.5 Å². The molecule has 31 heavy (non-hydrogen) atoms. The van der Waals surface area contributed by atoms with Gasteiger partial charge in [-0.3, -0.25) is 4.79 Å². The summed E-state index contributed by atoms with van der Waals surface area (Å²) in [5, 5.41) is 0. The predicted octanol–water partition coefficient (Wildman–Crippen LogP) is 6.66. The number of halogens is 1. The molecule has 0 saturated heterocycles. The van der Waals surface area contributed by atoms with Crippen molar-refractivity contribution < 1.29 is 0 Å². The Labute approximate surface area is 191 Å². The Morgan fingerprint density at radius 3 is 2.32 bits per heavy atom. The lowest BCUT2D eigenvalue weighted by Crippen LogP contribution is -2.11. The SMILES string of the molecule is CC(C)Cc1ccccc1-c1cccc(Cc2cc(=O)[nH]c(-c3ccccc3)n2)c1Br. The number of hydrogen-bond donors (Lipinski definition) is 1. The zero-order valence-electron chi connectivity index (χ0n) is 17.7. The Hall–Kier alpha value is -2.98. The van der Waals surface area contributed by atoms with E-state index in [1.807, 2.05) is 30.3 Å². The number of nitrogens with zero attached hydrogens (tertiary/aromatic N) is 1. The van der Waals surface area contributed by atoms with E-state index in [4.69, 9.17) is 4.98 Å². The average Bonchev–Trinajstić information content (AvgIpc) is 2.76. The van der Waals surface area contributed by atoms with E-state index in [0.717, 1.165) is 27.7 Å². The van der Waals surface area contributed by atoms with Gasteiger partial charge < -0.3 is 4.98 Å². The summed E-state index contributed by atoms with van der Waals surface area (Å²) >= 11 is 3.84. The molecule has 4 aromatic rings. The molecule has 3 nitrogen and oxygen atoms in total. The van der Waals surface area contributed by atoms with Crippen molar-refractivity contribution in [1.82, 2.24) is 9.97 Å². The molecule has 1 N–H and O–H groups in total. The van der Waals surface area contributed by atoms with E-state index in [9.17, 15) is 4.79 Å². The third kappa shape index (κ3) is 5.02. The van der Waals surface area contributed by atoms with Gasteiger partial charge in [0.05, 0.1) is 5.69 Å². The van der Waals surface area contributed by atoms with Crippen LogP contribution in [0.4, 0.5) is 0 Å². The zero-order valence-corrected chi connectivity index (χ0v) is 19.3. The second-order valence-electron chi connectivity index (χ2n) is 8.16. The van der Waals surface area contributed by atoms with Gasteiger partial charge in [-0.1, -0.05) is 86.6 Å². The summed E-state index contributed by atoms with van der Waals surface area (Å²) in [6, 6.07) is 26.2. The van der Waals surface area contributed by atoms with Crippen molar-refractivity contribution >= 4 is 15.9 Å². The molecule has 156 valence electrons. The van der Waals surface area contributed by atoms with Crippen LogP contribution >= 0.6 is 15.9 Å². The molecular formula is C27H25BrN2O. The van der Waals surface area contributed by atoms with E-state index < -0.39 is 0 Å². The minimum atomic E-state index is -0.140. The largest absolute Gasteiger partial charge is 0.307 e.